The van der Waals surface area contributed by atoms with Crippen molar-refractivity contribution in [2.24, 2.45) is 0 Å². The van der Waals surface area contributed by atoms with Crippen molar-refractivity contribution < 1.29 is 22.3 Å². The average Bonchev–Trinajstić information content (AvgIpc) is 3.01. The van der Waals surface area contributed by atoms with Crippen LogP contribution in [0, 0.1) is 5.82 Å². The predicted octanol–water partition coefficient (Wildman–Crippen LogP) is 2.46. The van der Waals surface area contributed by atoms with Crippen LogP contribution in [0.4, 0.5) is 4.39 Å². The molecule has 9 heteroatoms. The maximum atomic E-state index is 13.5. The maximum absolute atomic E-state index is 13.5. The van der Waals surface area contributed by atoms with Crippen molar-refractivity contribution in [3.05, 3.63) is 59.4 Å². The summed E-state index contributed by atoms with van der Waals surface area (Å²) in [6, 6.07) is 12.4. The molecule has 1 aromatic heterocycles. The molecule has 0 atom stereocenters. The Bertz CT molecular complexity index is 985. The number of carbonyl (C=O) groups excluding carboxylic acids is 1. The first-order valence-corrected chi connectivity index (χ1v) is 9.50. The van der Waals surface area contributed by atoms with Gasteiger partial charge in [-0.15, -0.1) is 11.3 Å². The molecule has 0 bridgehead atoms. The van der Waals surface area contributed by atoms with Gasteiger partial charge in [0, 0.05) is 0 Å². The minimum absolute atomic E-state index is 0.0559. The van der Waals surface area contributed by atoms with Gasteiger partial charge in [0.25, 0.3) is 0 Å². The number of esters is 1. The summed E-state index contributed by atoms with van der Waals surface area (Å²) in [4.78, 5) is 15.5. The molecule has 0 saturated heterocycles. The minimum atomic E-state index is -4.13. The van der Waals surface area contributed by atoms with Gasteiger partial charge in [0.05, 0.1) is 10.2 Å². The summed E-state index contributed by atoms with van der Waals surface area (Å²) >= 11 is 1.39. The third kappa shape index (κ3) is 4.19. The molecular formula is C16H13FN2O4S2. The van der Waals surface area contributed by atoms with Crippen molar-refractivity contribution in [2.45, 2.75) is 11.5 Å². The molecule has 6 nitrogen and oxygen atoms in total. The molecule has 1 N–H and O–H groups in total. The fourth-order valence-corrected chi connectivity index (χ4v) is 4.00. The molecule has 25 heavy (non-hydrogen) atoms. The van der Waals surface area contributed by atoms with Crippen LogP contribution in [0.15, 0.2) is 53.4 Å². The van der Waals surface area contributed by atoms with Crippen molar-refractivity contribution in [1.82, 2.24) is 9.71 Å². The summed E-state index contributed by atoms with van der Waals surface area (Å²) < 4.78 is 45.5. The van der Waals surface area contributed by atoms with Crippen LogP contribution in [-0.2, 0) is 26.2 Å². The number of rotatable bonds is 6. The quantitative estimate of drug-likeness (QED) is 0.664. The number of benzene rings is 2. The number of hydrogen-bond acceptors (Lipinski definition) is 6. The molecule has 0 unspecified atom stereocenters. The van der Waals surface area contributed by atoms with Gasteiger partial charge in [-0.2, -0.15) is 4.72 Å². The van der Waals surface area contributed by atoms with Crippen LogP contribution in [0.5, 0.6) is 0 Å². The van der Waals surface area contributed by atoms with E-state index in [1.807, 2.05) is 29.0 Å². The highest BCUT2D eigenvalue weighted by Gasteiger charge is 2.19. The van der Waals surface area contributed by atoms with Gasteiger partial charge in [0.15, 0.2) is 0 Å². The third-order valence-corrected chi connectivity index (χ3v) is 5.67. The van der Waals surface area contributed by atoms with Crippen LogP contribution in [0.3, 0.4) is 0 Å². The van der Waals surface area contributed by atoms with Crippen molar-refractivity contribution in [3.63, 3.8) is 0 Å². The summed E-state index contributed by atoms with van der Waals surface area (Å²) in [6.45, 7) is -0.652. The molecule has 0 aliphatic rings. The van der Waals surface area contributed by atoms with Crippen molar-refractivity contribution in [2.75, 3.05) is 6.54 Å². The summed E-state index contributed by atoms with van der Waals surface area (Å²) in [5, 5.41) is 0.603. The van der Waals surface area contributed by atoms with E-state index in [9.17, 15) is 17.6 Å². The van der Waals surface area contributed by atoms with Crippen LogP contribution >= 0.6 is 11.3 Å². The number of nitrogens with one attached hydrogen (secondary N) is 1. The monoisotopic (exact) mass is 380 g/mol. The lowest BCUT2D eigenvalue weighted by Gasteiger charge is -2.07. The number of para-hydroxylation sites is 1. The number of ether oxygens (including phenoxy) is 1. The zero-order valence-electron chi connectivity index (χ0n) is 12.8. The number of halogens is 1. The van der Waals surface area contributed by atoms with Crippen LogP contribution in [0.1, 0.15) is 5.01 Å². The molecule has 0 fully saturated rings. The predicted molar refractivity (Wildman–Crippen MR) is 91.0 cm³/mol. The number of sulfonamides is 1. The second-order valence-corrected chi connectivity index (χ2v) is 7.84. The topological polar surface area (TPSA) is 85.4 Å². The summed E-state index contributed by atoms with van der Waals surface area (Å²) in [5.74, 6) is -1.67. The van der Waals surface area contributed by atoms with Crippen molar-refractivity contribution >= 4 is 37.5 Å². The van der Waals surface area contributed by atoms with Gasteiger partial charge in [0.2, 0.25) is 10.0 Å². The lowest BCUT2D eigenvalue weighted by molar-refractivity contribution is -0.143. The highest BCUT2D eigenvalue weighted by atomic mass is 32.2. The van der Waals surface area contributed by atoms with E-state index in [1.165, 1.54) is 23.5 Å². The number of hydrogen-bond donors (Lipinski definition) is 1. The first kappa shape index (κ1) is 17.5. The highest BCUT2D eigenvalue weighted by Crippen LogP contribution is 2.22. The maximum Gasteiger partial charge on any atom is 0.321 e. The molecule has 0 aliphatic carbocycles. The van der Waals surface area contributed by atoms with Crippen molar-refractivity contribution in [1.29, 1.82) is 0 Å². The number of carbonyl (C=O) groups is 1. The average molecular weight is 380 g/mol. The second kappa shape index (κ2) is 7.26. The Morgan fingerprint density at radius 3 is 2.64 bits per heavy atom. The first-order valence-electron chi connectivity index (χ1n) is 7.20. The van der Waals surface area contributed by atoms with Gasteiger partial charge >= 0.3 is 5.97 Å². The normalized spacial score (nSPS) is 11.6. The Morgan fingerprint density at radius 2 is 1.88 bits per heavy atom. The van der Waals surface area contributed by atoms with E-state index >= 15 is 0 Å². The van der Waals surface area contributed by atoms with Gasteiger partial charge in [-0.1, -0.05) is 24.3 Å². The fraction of sp³-hybridized carbons (Fsp3) is 0.125. The molecule has 0 radical (unpaired) electrons. The smallest absolute Gasteiger partial charge is 0.321 e. The molecule has 0 spiro atoms. The summed E-state index contributed by atoms with van der Waals surface area (Å²) in [5.41, 5.74) is 0.804. The van der Waals surface area contributed by atoms with Crippen LogP contribution in [0.25, 0.3) is 10.2 Å². The van der Waals surface area contributed by atoms with Gasteiger partial charge in [-0.05, 0) is 24.3 Å². The summed E-state index contributed by atoms with van der Waals surface area (Å²) in [7, 11) is -4.13. The number of fused-ring (bicyclic) bond motifs is 1. The van der Waals surface area contributed by atoms with Gasteiger partial charge in [-0.3, -0.25) is 4.79 Å². The number of aromatic nitrogens is 1. The Hall–Kier alpha value is -2.36. The molecule has 1 heterocycles. The van der Waals surface area contributed by atoms with E-state index in [2.05, 4.69) is 4.98 Å². The molecule has 3 rings (SSSR count). The standard InChI is InChI=1S/C16H13FN2O4S2/c17-11-5-1-4-8-14(11)25(21,22)18-9-16(20)23-10-15-19-12-6-2-3-7-13(12)24-15/h1-8,18H,9-10H2. The van der Waals surface area contributed by atoms with Crippen LogP contribution in [-0.4, -0.2) is 25.9 Å². The Morgan fingerprint density at radius 1 is 1.16 bits per heavy atom. The fourth-order valence-electron chi connectivity index (χ4n) is 2.07. The number of nitrogens with zero attached hydrogens (tertiary/aromatic N) is 1. The van der Waals surface area contributed by atoms with Gasteiger partial charge < -0.3 is 4.74 Å². The van der Waals surface area contributed by atoms with E-state index in [-0.39, 0.29) is 6.61 Å². The van der Waals surface area contributed by atoms with Crippen molar-refractivity contribution in [3.8, 4) is 0 Å². The molecule has 130 valence electrons. The van der Waals surface area contributed by atoms with Gasteiger partial charge in [-0.25, -0.2) is 17.8 Å². The molecule has 3 aromatic rings. The van der Waals surface area contributed by atoms with E-state index in [0.717, 1.165) is 22.3 Å². The highest BCUT2D eigenvalue weighted by molar-refractivity contribution is 7.89. The Kier molecular flexibility index (Phi) is 5.07. The van der Waals surface area contributed by atoms with E-state index < -0.39 is 33.3 Å². The molecule has 0 aliphatic heterocycles. The molecule has 2 aromatic carbocycles. The molecule has 0 amide bonds. The van der Waals surface area contributed by atoms with Crippen LogP contribution in [0.2, 0.25) is 0 Å². The van der Waals surface area contributed by atoms with E-state index in [4.69, 9.17) is 4.74 Å². The Balaban J connectivity index is 1.57. The van der Waals surface area contributed by atoms with E-state index in [1.54, 1.807) is 0 Å². The zero-order chi connectivity index (χ0) is 17.9. The van der Waals surface area contributed by atoms with Crippen LogP contribution < -0.4 is 4.72 Å². The molecular weight excluding hydrogens is 367 g/mol. The lowest BCUT2D eigenvalue weighted by atomic mass is 10.3. The second-order valence-electron chi connectivity index (χ2n) is 4.99. The van der Waals surface area contributed by atoms with E-state index in [0.29, 0.717) is 5.01 Å². The largest absolute Gasteiger partial charge is 0.457 e. The molecule has 0 saturated carbocycles. The SMILES string of the molecule is O=C(CNS(=O)(=O)c1ccccc1F)OCc1nc2ccccc2s1. The number of thiazole rings is 1. The van der Waals surface area contributed by atoms with Gasteiger partial charge in [0.1, 0.15) is 28.9 Å². The lowest BCUT2D eigenvalue weighted by Crippen LogP contribution is -2.31. The zero-order valence-corrected chi connectivity index (χ0v) is 14.4. The Labute approximate surface area is 147 Å². The summed E-state index contributed by atoms with van der Waals surface area (Å²) in [6.07, 6.45) is 0. The minimum Gasteiger partial charge on any atom is -0.457 e. The third-order valence-electron chi connectivity index (χ3n) is 3.23. The first-order chi connectivity index (χ1) is 12.0.